The Morgan fingerprint density at radius 3 is 1.46 bits per heavy atom. The molecule has 2 aromatic rings. The number of methoxy groups -OCH3 is 1. The zero-order valence-corrected chi connectivity index (χ0v) is 25.4. The van der Waals surface area contributed by atoms with Crippen molar-refractivity contribution in [2.24, 2.45) is 10.8 Å². The van der Waals surface area contributed by atoms with Crippen LogP contribution in [-0.2, 0) is 27.2 Å². The van der Waals surface area contributed by atoms with Gasteiger partial charge in [0.25, 0.3) is 0 Å². The monoisotopic (exact) mass is 550 g/mol. The fourth-order valence-corrected chi connectivity index (χ4v) is 4.11. The Balaban J connectivity index is 0.000000371. The van der Waals surface area contributed by atoms with Crippen LogP contribution in [0.15, 0.2) is 36.4 Å². The van der Waals surface area contributed by atoms with Crippen molar-refractivity contribution in [1.29, 1.82) is 0 Å². The third-order valence-corrected chi connectivity index (χ3v) is 7.07. The molecule has 0 saturated carbocycles. The van der Waals surface area contributed by atoms with Crippen molar-refractivity contribution in [2.45, 2.75) is 92.9 Å². The zero-order valence-electron chi connectivity index (χ0n) is 23.9. The standard InChI is InChI=1S/C16H23ClO2.C15H21ClO2/c1-11(15(18)19-5)13-7-6-12(14(17)10-13)8-9-16(2,3)4;1-10(14(17)18)12-6-5-11(13(16)9-12)7-8-15(2,3)4/h6-7,10-11H,8-9H2,1-5H3;5-6,9-10H,7-8H2,1-4H3,(H,17,18). The molecular formula is C31H44Cl2O4. The molecule has 0 bridgehead atoms. The second kappa shape index (κ2) is 14.2. The molecule has 2 atom stereocenters. The molecule has 0 radical (unpaired) electrons. The highest BCUT2D eigenvalue weighted by Crippen LogP contribution is 2.29. The molecule has 206 valence electrons. The predicted molar refractivity (Wildman–Crippen MR) is 155 cm³/mol. The normalized spacial score (nSPS) is 13.3. The Bertz CT molecular complexity index is 1050. The van der Waals surface area contributed by atoms with Crippen LogP contribution in [0, 0.1) is 10.8 Å². The number of ether oxygens (including phenoxy) is 1. The Morgan fingerprint density at radius 1 is 0.784 bits per heavy atom. The summed E-state index contributed by atoms with van der Waals surface area (Å²) >= 11 is 12.5. The van der Waals surface area contributed by atoms with Gasteiger partial charge in [-0.25, -0.2) is 0 Å². The van der Waals surface area contributed by atoms with E-state index in [0.29, 0.717) is 10.4 Å². The molecule has 2 unspecified atom stereocenters. The average Bonchev–Trinajstić information content (AvgIpc) is 2.80. The third kappa shape index (κ3) is 11.9. The van der Waals surface area contributed by atoms with Gasteiger partial charge in [-0.15, -0.1) is 0 Å². The van der Waals surface area contributed by atoms with Gasteiger partial charge in [0, 0.05) is 10.0 Å². The number of carbonyl (C=O) groups is 2. The first-order valence-electron chi connectivity index (χ1n) is 12.8. The molecule has 0 heterocycles. The summed E-state index contributed by atoms with van der Waals surface area (Å²) in [4.78, 5) is 22.4. The SMILES string of the molecule is CC(C(=O)O)c1ccc(CCC(C)(C)C)c(Cl)c1.COC(=O)C(C)c1ccc(CCC(C)(C)C)c(Cl)c1. The van der Waals surface area contributed by atoms with Gasteiger partial charge < -0.3 is 9.84 Å². The highest BCUT2D eigenvalue weighted by Gasteiger charge is 2.18. The lowest BCUT2D eigenvalue weighted by molar-refractivity contribution is -0.142. The summed E-state index contributed by atoms with van der Waals surface area (Å²) in [5, 5.41) is 10.4. The molecule has 4 nitrogen and oxygen atoms in total. The second-order valence-corrected chi connectivity index (χ2v) is 12.9. The number of aryl methyl sites for hydroxylation is 2. The second-order valence-electron chi connectivity index (χ2n) is 12.1. The smallest absolute Gasteiger partial charge is 0.312 e. The van der Waals surface area contributed by atoms with Crippen molar-refractivity contribution in [3.63, 3.8) is 0 Å². The first-order chi connectivity index (χ1) is 16.9. The van der Waals surface area contributed by atoms with Gasteiger partial charge in [-0.2, -0.15) is 0 Å². The van der Waals surface area contributed by atoms with E-state index in [-0.39, 0.29) is 17.3 Å². The van der Waals surface area contributed by atoms with E-state index >= 15 is 0 Å². The van der Waals surface area contributed by atoms with E-state index in [2.05, 4.69) is 41.5 Å². The Morgan fingerprint density at radius 2 is 1.16 bits per heavy atom. The summed E-state index contributed by atoms with van der Waals surface area (Å²) in [6, 6.07) is 11.4. The van der Waals surface area contributed by atoms with Crippen LogP contribution in [0.4, 0.5) is 0 Å². The molecule has 37 heavy (non-hydrogen) atoms. The van der Waals surface area contributed by atoms with Crippen LogP contribution < -0.4 is 0 Å². The van der Waals surface area contributed by atoms with Gasteiger partial charge in [0.05, 0.1) is 18.9 Å². The number of carboxylic acid groups (broad SMARTS) is 1. The van der Waals surface area contributed by atoms with Crippen molar-refractivity contribution >= 4 is 35.1 Å². The van der Waals surface area contributed by atoms with Crippen molar-refractivity contribution in [1.82, 2.24) is 0 Å². The molecule has 0 saturated heterocycles. The van der Waals surface area contributed by atoms with E-state index in [4.69, 9.17) is 33.0 Å². The number of carbonyl (C=O) groups excluding carboxylic acids is 1. The number of carboxylic acids is 1. The number of hydrogen-bond donors (Lipinski definition) is 1. The lowest BCUT2D eigenvalue weighted by Gasteiger charge is -2.18. The van der Waals surface area contributed by atoms with E-state index in [1.807, 2.05) is 37.3 Å². The maximum atomic E-state index is 11.5. The number of aliphatic carboxylic acids is 1. The summed E-state index contributed by atoms with van der Waals surface area (Å²) < 4.78 is 4.75. The summed E-state index contributed by atoms with van der Waals surface area (Å²) in [6.07, 6.45) is 4.01. The van der Waals surface area contributed by atoms with Crippen LogP contribution in [0.2, 0.25) is 10.0 Å². The van der Waals surface area contributed by atoms with E-state index < -0.39 is 11.9 Å². The third-order valence-electron chi connectivity index (χ3n) is 6.37. The number of esters is 1. The Hall–Kier alpha value is -2.04. The maximum Gasteiger partial charge on any atom is 0.312 e. The minimum atomic E-state index is -0.825. The minimum Gasteiger partial charge on any atom is -0.481 e. The van der Waals surface area contributed by atoms with E-state index in [1.165, 1.54) is 7.11 Å². The fraction of sp³-hybridized carbons (Fsp3) is 0.548. The van der Waals surface area contributed by atoms with Crippen LogP contribution in [0.3, 0.4) is 0 Å². The highest BCUT2D eigenvalue weighted by atomic mass is 35.5. The van der Waals surface area contributed by atoms with Gasteiger partial charge in [0.2, 0.25) is 0 Å². The molecule has 0 aromatic heterocycles. The molecule has 0 spiro atoms. The van der Waals surface area contributed by atoms with Crippen molar-refractivity contribution in [2.75, 3.05) is 7.11 Å². The van der Waals surface area contributed by atoms with Crippen LogP contribution in [0.25, 0.3) is 0 Å². The van der Waals surface area contributed by atoms with Gasteiger partial charge >= 0.3 is 11.9 Å². The van der Waals surface area contributed by atoms with Crippen molar-refractivity contribution < 1.29 is 19.4 Å². The highest BCUT2D eigenvalue weighted by molar-refractivity contribution is 6.31. The van der Waals surface area contributed by atoms with E-state index in [1.54, 1.807) is 13.0 Å². The molecule has 0 amide bonds. The van der Waals surface area contributed by atoms with Crippen LogP contribution in [0.1, 0.15) is 102 Å². The zero-order chi connectivity index (χ0) is 28.6. The lowest BCUT2D eigenvalue weighted by atomic mass is 9.88. The molecule has 0 fully saturated rings. The fourth-order valence-electron chi connectivity index (χ4n) is 3.55. The molecule has 2 aromatic carbocycles. The Labute approximate surface area is 233 Å². The molecule has 1 N–H and O–H groups in total. The molecule has 0 aliphatic carbocycles. The van der Waals surface area contributed by atoms with Crippen molar-refractivity contribution in [3.8, 4) is 0 Å². The number of benzene rings is 2. The summed E-state index contributed by atoms with van der Waals surface area (Å²) in [6.45, 7) is 16.7. The van der Waals surface area contributed by atoms with E-state index in [9.17, 15) is 9.59 Å². The minimum absolute atomic E-state index is 0.237. The Kier molecular flexibility index (Phi) is 12.7. The average molecular weight is 552 g/mol. The number of hydrogen-bond acceptors (Lipinski definition) is 3. The molecule has 6 heteroatoms. The molecule has 2 rings (SSSR count). The van der Waals surface area contributed by atoms with Crippen LogP contribution >= 0.6 is 23.2 Å². The van der Waals surface area contributed by atoms with Gasteiger partial charge in [-0.3, -0.25) is 9.59 Å². The topological polar surface area (TPSA) is 63.6 Å². The predicted octanol–water partition coefficient (Wildman–Crippen LogP) is 9.10. The number of rotatable bonds is 8. The first kappa shape index (κ1) is 33.0. The first-order valence-corrected chi connectivity index (χ1v) is 13.6. The van der Waals surface area contributed by atoms with Gasteiger partial charge in [0.15, 0.2) is 0 Å². The molecule has 0 aliphatic rings. The molecular weight excluding hydrogens is 507 g/mol. The maximum absolute atomic E-state index is 11.5. The summed E-state index contributed by atoms with van der Waals surface area (Å²) in [7, 11) is 1.40. The quantitative estimate of drug-likeness (QED) is 0.332. The van der Waals surface area contributed by atoms with Gasteiger partial charge in [0.1, 0.15) is 0 Å². The summed E-state index contributed by atoms with van der Waals surface area (Å²) in [5.74, 6) is -1.86. The van der Waals surface area contributed by atoms with Crippen molar-refractivity contribution in [3.05, 3.63) is 68.7 Å². The lowest BCUT2D eigenvalue weighted by Crippen LogP contribution is -2.11. The van der Waals surface area contributed by atoms with E-state index in [0.717, 1.165) is 53.0 Å². The van der Waals surface area contributed by atoms with Gasteiger partial charge in [-0.05, 0) is 84.7 Å². The number of halogens is 2. The van der Waals surface area contributed by atoms with Crippen LogP contribution in [-0.4, -0.2) is 24.2 Å². The molecule has 0 aliphatic heterocycles. The van der Waals surface area contributed by atoms with Crippen LogP contribution in [0.5, 0.6) is 0 Å². The van der Waals surface area contributed by atoms with Gasteiger partial charge in [-0.1, -0.05) is 89.0 Å². The summed E-state index contributed by atoms with van der Waals surface area (Å²) in [5.41, 5.74) is 4.45. The largest absolute Gasteiger partial charge is 0.481 e.